The van der Waals surface area contributed by atoms with E-state index in [1.807, 2.05) is 6.92 Å². The van der Waals surface area contributed by atoms with Crippen molar-refractivity contribution in [3.05, 3.63) is 41.9 Å². The molecule has 0 aliphatic carbocycles. The monoisotopic (exact) mass is 314 g/mol. The molecule has 0 aromatic carbocycles. The van der Waals surface area contributed by atoms with Crippen molar-refractivity contribution < 1.29 is 13.8 Å². The summed E-state index contributed by atoms with van der Waals surface area (Å²) in [5.74, 6) is 1.18. The second-order valence-corrected chi connectivity index (χ2v) is 4.70. The molecule has 0 unspecified atom stereocenters. The molecular weight excluding hydrogens is 300 g/mol. The lowest BCUT2D eigenvalue weighted by Gasteiger charge is -1.97. The number of carbonyl (C=O) groups excluding carboxylic acids is 1. The van der Waals surface area contributed by atoms with Crippen molar-refractivity contribution in [3.63, 3.8) is 0 Å². The summed E-state index contributed by atoms with van der Waals surface area (Å²) in [4.78, 5) is 24.1. The highest BCUT2D eigenvalue weighted by atomic mass is 16.5. The third-order valence-electron chi connectivity index (χ3n) is 2.92. The van der Waals surface area contributed by atoms with Crippen molar-refractivity contribution in [2.24, 2.45) is 0 Å². The molecule has 0 radical (unpaired) electrons. The number of hydrogen-bond donors (Lipinski definition) is 1. The summed E-state index contributed by atoms with van der Waals surface area (Å²) in [6, 6.07) is 3.31. The minimum Gasteiger partial charge on any atom is -0.361 e. The fraction of sp³-hybridized carbons (Fsp3) is 0.286. The SMILES string of the molecule is CCCc1cc(C(=O)NCc2nc(-c3ncccn3)no2)no1. The lowest BCUT2D eigenvalue weighted by atomic mass is 10.2. The Morgan fingerprint density at radius 3 is 2.78 bits per heavy atom. The second kappa shape index (κ2) is 6.77. The van der Waals surface area contributed by atoms with Crippen LogP contribution in [-0.2, 0) is 13.0 Å². The van der Waals surface area contributed by atoms with Crippen LogP contribution in [0.5, 0.6) is 0 Å². The van der Waals surface area contributed by atoms with Gasteiger partial charge in [-0.1, -0.05) is 17.2 Å². The predicted octanol–water partition coefficient (Wildman–Crippen LogP) is 1.40. The zero-order chi connectivity index (χ0) is 16.1. The van der Waals surface area contributed by atoms with Gasteiger partial charge in [0, 0.05) is 24.9 Å². The smallest absolute Gasteiger partial charge is 0.273 e. The Morgan fingerprint density at radius 2 is 2.00 bits per heavy atom. The number of hydrogen-bond acceptors (Lipinski definition) is 8. The Hall–Kier alpha value is -3.10. The van der Waals surface area contributed by atoms with Crippen LogP contribution in [0.3, 0.4) is 0 Å². The van der Waals surface area contributed by atoms with Gasteiger partial charge in [0.05, 0.1) is 6.54 Å². The normalized spacial score (nSPS) is 10.7. The average Bonchev–Trinajstić information content (AvgIpc) is 3.23. The number of carbonyl (C=O) groups is 1. The quantitative estimate of drug-likeness (QED) is 0.725. The van der Waals surface area contributed by atoms with Gasteiger partial charge in [-0.25, -0.2) is 9.97 Å². The molecule has 23 heavy (non-hydrogen) atoms. The Bertz CT molecular complexity index is 783. The molecule has 9 heteroatoms. The maximum absolute atomic E-state index is 12.0. The molecule has 0 saturated heterocycles. The van der Waals surface area contributed by atoms with E-state index in [2.05, 4.69) is 30.6 Å². The van der Waals surface area contributed by atoms with Crippen LogP contribution in [0, 0.1) is 0 Å². The van der Waals surface area contributed by atoms with E-state index in [0.717, 1.165) is 12.8 Å². The summed E-state index contributed by atoms with van der Waals surface area (Å²) in [5, 5.41) is 10.1. The number of nitrogens with one attached hydrogen (secondary N) is 1. The summed E-state index contributed by atoms with van der Waals surface area (Å²) in [5.41, 5.74) is 0.222. The van der Waals surface area contributed by atoms with Crippen LogP contribution in [-0.4, -0.2) is 31.2 Å². The Balaban J connectivity index is 1.60. The summed E-state index contributed by atoms with van der Waals surface area (Å²) in [7, 11) is 0. The topological polar surface area (TPSA) is 120 Å². The Morgan fingerprint density at radius 1 is 1.17 bits per heavy atom. The zero-order valence-electron chi connectivity index (χ0n) is 12.4. The number of aryl methyl sites for hydroxylation is 1. The van der Waals surface area contributed by atoms with Gasteiger partial charge < -0.3 is 14.4 Å². The molecule has 0 bridgehead atoms. The van der Waals surface area contributed by atoms with Gasteiger partial charge in [-0.15, -0.1) is 0 Å². The van der Waals surface area contributed by atoms with Crippen LogP contribution in [0.15, 0.2) is 33.6 Å². The lowest BCUT2D eigenvalue weighted by molar-refractivity contribution is 0.0937. The first kappa shape index (κ1) is 14.8. The van der Waals surface area contributed by atoms with Crippen LogP contribution in [0.25, 0.3) is 11.6 Å². The molecule has 0 atom stereocenters. The molecular formula is C14H14N6O3. The van der Waals surface area contributed by atoms with E-state index >= 15 is 0 Å². The highest BCUT2D eigenvalue weighted by Crippen LogP contribution is 2.09. The largest absolute Gasteiger partial charge is 0.361 e. The van der Waals surface area contributed by atoms with Gasteiger partial charge in [-0.2, -0.15) is 4.98 Å². The number of rotatable bonds is 6. The van der Waals surface area contributed by atoms with Crippen molar-refractivity contribution in [1.29, 1.82) is 0 Å². The van der Waals surface area contributed by atoms with E-state index < -0.39 is 0 Å². The number of amides is 1. The lowest BCUT2D eigenvalue weighted by Crippen LogP contribution is -2.23. The molecule has 9 nitrogen and oxygen atoms in total. The highest BCUT2D eigenvalue weighted by molar-refractivity contribution is 5.92. The van der Waals surface area contributed by atoms with Crippen molar-refractivity contribution >= 4 is 5.91 Å². The minimum absolute atomic E-state index is 0.0780. The van der Waals surface area contributed by atoms with Crippen molar-refractivity contribution in [3.8, 4) is 11.6 Å². The molecule has 1 amide bonds. The minimum atomic E-state index is -0.369. The van der Waals surface area contributed by atoms with Crippen molar-refractivity contribution in [1.82, 2.24) is 30.6 Å². The second-order valence-electron chi connectivity index (χ2n) is 4.70. The Kier molecular flexibility index (Phi) is 4.37. The molecule has 0 saturated carbocycles. The third kappa shape index (κ3) is 3.57. The van der Waals surface area contributed by atoms with Crippen molar-refractivity contribution in [2.75, 3.05) is 0 Å². The van der Waals surface area contributed by atoms with Crippen LogP contribution in [0.1, 0.15) is 35.5 Å². The number of nitrogens with zero attached hydrogens (tertiary/aromatic N) is 5. The van der Waals surface area contributed by atoms with Gasteiger partial charge in [0.15, 0.2) is 5.69 Å². The first-order valence-corrected chi connectivity index (χ1v) is 7.10. The maximum Gasteiger partial charge on any atom is 0.273 e. The molecule has 3 rings (SSSR count). The summed E-state index contributed by atoms with van der Waals surface area (Å²) in [6.07, 6.45) is 4.82. The van der Waals surface area contributed by atoms with Crippen molar-refractivity contribution in [2.45, 2.75) is 26.3 Å². The zero-order valence-corrected chi connectivity index (χ0v) is 12.4. The van der Waals surface area contributed by atoms with Crippen LogP contribution in [0.4, 0.5) is 0 Å². The van der Waals surface area contributed by atoms with Gasteiger partial charge in [0.1, 0.15) is 5.76 Å². The van der Waals surface area contributed by atoms with E-state index in [4.69, 9.17) is 9.05 Å². The fourth-order valence-electron chi connectivity index (χ4n) is 1.86. The first-order chi connectivity index (χ1) is 11.3. The molecule has 1 N–H and O–H groups in total. The van der Waals surface area contributed by atoms with Gasteiger partial charge in [-0.05, 0) is 12.5 Å². The molecule has 0 aliphatic rings. The maximum atomic E-state index is 12.0. The average molecular weight is 314 g/mol. The van der Waals surface area contributed by atoms with Gasteiger partial charge in [0.2, 0.25) is 17.5 Å². The molecule has 0 fully saturated rings. The molecule has 3 aromatic rings. The Labute approximate surface area is 131 Å². The van der Waals surface area contributed by atoms with E-state index in [1.54, 1.807) is 24.5 Å². The van der Waals surface area contributed by atoms with E-state index in [0.29, 0.717) is 11.6 Å². The molecule has 3 aromatic heterocycles. The van der Waals surface area contributed by atoms with Gasteiger partial charge in [-0.3, -0.25) is 4.79 Å². The first-order valence-electron chi connectivity index (χ1n) is 7.10. The molecule has 118 valence electrons. The molecule has 0 aliphatic heterocycles. The summed E-state index contributed by atoms with van der Waals surface area (Å²) >= 11 is 0. The van der Waals surface area contributed by atoms with Crippen LogP contribution < -0.4 is 5.32 Å². The molecule has 0 spiro atoms. The standard InChI is InChI=1S/C14H14N6O3/c1-2-4-9-7-10(19-22-9)14(21)17-8-11-18-13(20-23-11)12-15-5-3-6-16-12/h3,5-7H,2,4,8H2,1H3,(H,17,21). The van der Waals surface area contributed by atoms with E-state index in [1.165, 1.54) is 0 Å². The predicted molar refractivity (Wildman–Crippen MR) is 77.0 cm³/mol. The van der Waals surface area contributed by atoms with Gasteiger partial charge >= 0.3 is 0 Å². The summed E-state index contributed by atoms with van der Waals surface area (Å²) < 4.78 is 10.1. The van der Waals surface area contributed by atoms with Gasteiger partial charge in [0.25, 0.3) is 5.91 Å². The highest BCUT2D eigenvalue weighted by Gasteiger charge is 2.15. The van der Waals surface area contributed by atoms with Crippen LogP contribution >= 0.6 is 0 Å². The number of aromatic nitrogens is 5. The molecule has 3 heterocycles. The third-order valence-corrected chi connectivity index (χ3v) is 2.92. The summed E-state index contributed by atoms with van der Waals surface area (Å²) in [6.45, 7) is 2.10. The fourth-order valence-corrected chi connectivity index (χ4v) is 1.86. The van der Waals surface area contributed by atoms with E-state index in [-0.39, 0.29) is 29.9 Å². The van der Waals surface area contributed by atoms with Crippen LogP contribution in [0.2, 0.25) is 0 Å². The van der Waals surface area contributed by atoms with E-state index in [9.17, 15) is 4.79 Å².